The second-order valence-electron chi connectivity index (χ2n) is 4.39. The Morgan fingerprint density at radius 3 is 2.67 bits per heavy atom. The van der Waals surface area contributed by atoms with Gasteiger partial charge in [-0.3, -0.25) is 14.8 Å². The standard InChI is InChI=1S/C12H16N6O3/c1-5-13-11-9(18(19)20)12(15-6-14-11)21-10-7(2)16-17(4)8(10)3/h6H,5H2,1-4H3,(H,13,14,15). The number of hydrogen-bond donors (Lipinski definition) is 1. The molecule has 0 aliphatic heterocycles. The maximum absolute atomic E-state index is 11.3. The highest BCUT2D eigenvalue weighted by molar-refractivity contribution is 5.62. The average molecular weight is 292 g/mol. The lowest BCUT2D eigenvalue weighted by molar-refractivity contribution is -0.385. The van der Waals surface area contributed by atoms with Gasteiger partial charge in [0.05, 0.1) is 10.6 Å². The van der Waals surface area contributed by atoms with E-state index in [1.165, 1.54) is 6.33 Å². The molecule has 2 heterocycles. The smallest absolute Gasteiger partial charge is 0.373 e. The molecule has 9 heteroatoms. The van der Waals surface area contributed by atoms with Crippen LogP contribution in [0.4, 0.5) is 11.5 Å². The number of hydrogen-bond acceptors (Lipinski definition) is 7. The molecular weight excluding hydrogens is 276 g/mol. The minimum absolute atomic E-state index is 0.106. The molecule has 0 aliphatic carbocycles. The van der Waals surface area contributed by atoms with Gasteiger partial charge in [-0.25, -0.2) is 4.98 Å². The lowest BCUT2D eigenvalue weighted by Gasteiger charge is -2.08. The van der Waals surface area contributed by atoms with Crippen molar-refractivity contribution in [3.63, 3.8) is 0 Å². The second-order valence-corrected chi connectivity index (χ2v) is 4.39. The summed E-state index contributed by atoms with van der Waals surface area (Å²) in [5, 5.41) is 18.3. The van der Waals surface area contributed by atoms with Crippen LogP contribution in [-0.2, 0) is 7.05 Å². The SMILES string of the molecule is CCNc1ncnc(Oc2c(C)nn(C)c2C)c1[N+](=O)[O-]. The summed E-state index contributed by atoms with van der Waals surface area (Å²) in [4.78, 5) is 18.5. The van der Waals surface area contributed by atoms with Gasteiger partial charge in [-0.05, 0) is 20.8 Å². The van der Waals surface area contributed by atoms with Crippen LogP contribution >= 0.6 is 0 Å². The highest BCUT2D eigenvalue weighted by atomic mass is 16.6. The number of ether oxygens (including phenoxy) is 1. The molecule has 2 aromatic rings. The number of nitrogens with one attached hydrogen (secondary N) is 1. The van der Waals surface area contributed by atoms with Crippen molar-refractivity contribution < 1.29 is 9.66 Å². The van der Waals surface area contributed by atoms with Gasteiger partial charge in [-0.2, -0.15) is 10.1 Å². The molecule has 0 saturated carbocycles. The van der Waals surface area contributed by atoms with Gasteiger partial charge in [-0.1, -0.05) is 0 Å². The molecular formula is C12H16N6O3. The molecule has 0 radical (unpaired) electrons. The van der Waals surface area contributed by atoms with Crippen LogP contribution in [0.2, 0.25) is 0 Å². The number of aryl methyl sites for hydroxylation is 2. The molecule has 0 aromatic carbocycles. The molecule has 112 valence electrons. The lowest BCUT2D eigenvalue weighted by atomic mass is 10.3. The van der Waals surface area contributed by atoms with Crippen LogP contribution in [0.3, 0.4) is 0 Å². The molecule has 0 amide bonds. The number of nitro groups is 1. The van der Waals surface area contributed by atoms with E-state index in [1.807, 2.05) is 13.8 Å². The van der Waals surface area contributed by atoms with Crippen molar-refractivity contribution >= 4 is 11.5 Å². The Bertz CT molecular complexity index is 682. The van der Waals surface area contributed by atoms with Crippen LogP contribution in [0, 0.1) is 24.0 Å². The summed E-state index contributed by atoms with van der Waals surface area (Å²) >= 11 is 0. The van der Waals surface area contributed by atoms with Crippen molar-refractivity contribution in [1.82, 2.24) is 19.7 Å². The molecule has 0 spiro atoms. The maximum Gasteiger partial charge on any atom is 0.373 e. The Morgan fingerprint density at radius 1 is 1.43 bits per heavy atom. The lowest BCUT2D eigenvalue weighted by Crippen LogP contribution is -2.06. The second kappa shape index (κ2) is 5.73. The quantitative estimate of drug-likeness (QED) is 0.662. The molecule has 21 heavy (non-hydrogen) atoms. The van der Waals surface area contributed by atoms with Gasteiger partial charge in [0, 0.05) is 13.6 Å². The van der Waals surface area contributed by atoms with E-state index < -0.39 is 4.92 Å². The van der Waals surface area contributed by atoms with Crippen LogP contribution in [0.5, 0.6) is 11.6 Å². The van der Waals surface area contributed by atoms with Crippen molar-refractivity contribution in [3.05, 3.63) is 27.8 Å². The summed E-state index contributed by atoms with van der Waals surface area (Å²) in [6.45, 7) is 5.90. The summed E-state index contributed by atoms with van der Waals surface area (Å²) in [6, 6.07) is 0. The fourth-order valence-corrected chi connectivity index (χ4v) is 1.90. The summed E-state index contributed by atoms with van der Waals surface area (Å²) in [5.74, 6) is 0.485. The van der Waals surface area contributed by atoms with E-state index in [-0.39, 0.29) is 17.4 Å². The van der Waals surface area contributed by atoms with Crippen molar-refractivity contribution in [1.29, 1.82) is 0 Å². The van der Waals surface area contributed by atoms with E-state index in [2.05, 4.69) is 20.4 Å². The Hall–Kier alpha value is -2.71. The zero-order chi connectivity index (χ0) is 15.6. The highest BCUT2D eigenvalue weighted by Gasteiger charge is 2.26. The molecule has 2 rings (SSSR count). The Labute approximate surface area is 121 Å². The first-order chi connectivity index (χ1) is 9.95. The number of rotatable bonds is 5. The predicted octanol–water partition coefficient (Wildman–Crippen LogP) is 1.96. The number of aromatic nitrogens is 4. The van der Waals surface area contributed by atoms with Crippen molar-refractivity contribution in [2.75, 3.05) is 11.9 Å². The average Bonchev–Trinajstić information content (AvgIpc) is 2.66. The summed E-state index contributed by atoms with van der Waals surface area (Å²) < 4.78 is 7.27. The van der Waals surface area contributed by atoms with Crippen molar-refractivity contribution in [2.45, 2.75) is 20.8 Å². The minimum Gasteiger partial charge on any atom is -0.430 e. The topological polar surface area (TPSA) is 108 Å². The zero-order valence-corrected chi connectivity index (χ0v) is 12.2. The molecule has 0 aliphatic rings. The third-order valence-corrected chi connectivity index (χ3v) is 2.96. The van der Waals surface area contributed by atoms with E-state index in [0.717, 1.165) is 5.69 Å². The third kappa shape index (κ3) is 2.76. The first-order valence-electron chi connectivity index (χ1n) is 6.37. The van der Waals surface area contributed by atoms with Crippen LogP contribution in [0.25, 0.3) is 0 Å². The van der Waals surface area contributed by atoms with E-state index in [1.54, 1.807) is 18.7 Å². The first-order valence-corrected chi connectivity index (χ1v) is 6.37. The van der Waals surface area contributed by atoms with E-state index in [0.29, 0.717) is 18.0 Å². The largest absolute Gasteiger partial charge is 0.430 e. The van der Waals surface area contributed by atoms with Gasteiger partial charge in [0.2, 0.25) is 5.82 Å². The van der Waals surface area contributed by atoms with Crippen LogP contribution < -0.4 is 10.1 Å². The van der Waals surface area contributed by atoms with Crippen LogP contribution in [-0.4, -0.2) is 31.2 Å². The van der Waals surface area contributed by atoms with E-state index in [4.69, 9.17) is 4.74 Å². The van der Waals surface area contributed by atoms with Gasteiger partial charge in [0.15, 0.2) is 5.75 Å². The normalized spacial score (nSPS) is 10.5. The van der Waals surface area contributed by atoms with Crippen molar-refractivity contribution in [2.24, 2.45) is 7.05 Å². The Morgan fingerprint density at radius 2 is 2.14 bits per heavy atom. The van der Waals surface area contributed by atoms with Crippen molar-refractivity contribution in [3.8, 4) is 11.6 Å². The van der Waals surface area contributed by atoms with E-state index >= 15 is 0 Å². The maximum atomic E-state index is 11.3. The van der Waals surface area contributed by atoms with Gasteiger partial charge in [-0.15, -0.1) is 0 Å². The fourth-order valence-electron chi connectivity index (χ4n) is 1.90. The number of anilines is 1. The zero-order valence-electron chi connectivity index (χ0n) is 12.2. The summed E-state index contributed by atoms with van der Waals surface area (Å²) in [6.07, 6.45) is 1.22. The van der Waals surface area contributed by atoms with Gasteiger partial charge in [0.1, 0.15) is 12.0 Å². The summed E-state index contributed by atoms with van der Waals surface area (Å²) in [7, 11) is 1.77. The molecule has 2 aromatic heterocycles. The molecule has 0 atom stereocenters. The Balaban J connectivity index is 2.49. The first kappa shape index (κ1) is 14.7. The van der Waals surface area contributed by atoms with Crippen LogP contribution in [0.15, 0.2) is 6.33 Å². The predicted molar refractivity (Wildman–Crippen MR) is 75.6 cm³/mol. The van der Waals surface area contributed by atoms with Gasteiger partial charge >= 0.3 is 11.6 Å². The monoisotopic (exact) mass is 292 g/mol. The minimum atomic E-state index is -0.561. The molecule has 0 unspecified atom stereocenters. The molecule has 9 nitrogen and oxygen atoms in total. The number of nitrogens with zero attached hydrogens (tertiary/aromatic N) is 5. The molecule has 0 bridgehead atoms. The van der Waals surface area contributed by atoms with Gasteiger partial charge in [0.25, 0.3) is 0 Å². The van der Waals surface area contributed by atoms with E-state index in [9.17, 15) is 10.1 Å². The van der Waals surface area contributed by atoms with Crippen LogP contribution in [0.1, 0.15) is 18.3 Å². The third-order valence-electron chi connectivity index (χ3n) is 2.96. The fraction of sp³-hybridized carbons (Fsp3) is 0.417. The highest BCUT2D eigenvalue weighted by Crippen LogP contribution is 2.35. The van der Waals surface area contributed by atoms with Gasteiger partial charge < -0.3 is 10.1 Å². The molecule has 0 fully saturated rings. The Kier molecular flexibility index (Phi) is 4.01. The molecule has 0 saturated heterocycles. The molecule has 1 N–H and O–H groups in total. The summed E-state index contributed by atoms with van der Waals surface area (Å²) in [5.41, 5.74) is 1.10.